The number of Topliss-reactive ketones (excluding diaryl/α,β-unsaturated/α-hetero) is 1. The highest BCUT2D eigenvalue weighted by Gasteiger charge is 2.54. The fourth-order valence-corrected chi connectivity index (χ4v) is 6.04. The van der Waals surface area contributed by atoms with E-state index >= 15 is 0 Å². The Kier molecular flexibility index (Phi) is 4.97. The SMILES string of the molecule is COc1ccc(NC(=O)CN(C)CC(=O)C23CC4CC(CC(C4)C2)C3)cc1. The van der Waals surface area contributed by atoms with E-state index in [-0.39, 0.29) is 17.9 Å². The number of nitrogens with one attached hydrogen (secondary N) is 1. The van der Waals surface area contributed by atoms with Crippen molar-refractivity contribution in [1.29, 1.82) is 0 Å². The summed E-state index contributed by atoms with van der Waals surface area (Å²) in [6.45, 7) is 0.603. The van der Waals surface area contributed by atoms with Gasteiger partial charge in [-0.15, -0.1) is 0 Å². The van der Waals surface area contributed by atoms with Gasteiger partial charge in [-0.05, 0) is 87.6 Å². The average Bonchev–Trinajstić information content (AvgIpc) is 2.61. The van der Waals surface area contributed by atoms with Gasteiger partial charge < -0.3 is 10.1 Å². The predicted octanol–water partition coefficient (Wildman–Crippen LogP) is 3.35. The molecule has 1 N–H and O–H groups in total. The van der Waals surface area contributed by atoms with Crippen molar-refractivity contribution in [3.05, 3.63) is 24.3 Å². The number of nitrogens with zero attached hydrogens (tertiary/aromatic N) is 1. The molecule has 4 fully saturated rings. The first-order valence-corrected chi connectivity index (χ1v) is 10.1. The Morgan fingerprint density at radius 1 is 1.04 bits per heavy atom. The van der Waals surface area contributed by atoms with Crippen LogP contribution in [-0.2, 0) is 9.59 Å². The number of carbonyl (C=O) groups excluding carboxylic acids is 2. The Hall–Kier alpha value is -1.88. The Bertz CT molecular complexity index is 677. The summed E-state index contributed by atoms with van der Waals surface area (Å²) >= 11 is 0. The minimum atomic E-state index is -0.0963. The van der Waals surface area contributed by atoms with Crippen LogP contribution < -0.4 is 10.1 Å². The number of hydrogen-bond acceptors (Lipinski definition) is 4. The largest absolute Gasteiger partial charge is 0.497 e. The van der Waals surface area contributed by atoms with Crippen LogP contribution in [0.15, 0.2) is 24.3 Å². The van der Waals surface area contributed by atoms with Crippen LogP contribution in [0.25, 0.3) is 0 Å². The fourth-order valence-electron chi connectivity index (χ4n) is 6.04. The molecule has 146 valence electrons. The summed E-state index contributed by atoms with van der Waals surface area (Å²) in [4.78, 5) is 27.3. The Morgan fingerprint density at radius 3 is 2.11 bits per heavy atom. The van der Waals surface area contributed by atoms with Crippen molar-refractivity contribution in [2.24, 2.45) is 23.2 Å². The van der Waals surface area contributed by atoms with Gasteiger partial charge in [0.05, 0.1) is 20.2 Å². The van der Waals surface area contributed by atoms with Crippen molar-refractivity contribution >= 4 is 17.4 Å². The lowest BCUT2D eigenvalue weighted by atomic mass is 9.48. The zero-order valence-electron chi connectivity index (χ0n) is 16.4. The molecule has 5 heteroatoms. The van der Waals surface area contributed by atoms with Crippen molar-refractivity contribution in [2.75, 3.05) is 32.6 Å². The van der Waals surface area contributed by atoms with Crippen molar-refractivity contribution in [3.63, 3.8) is 0 Å². The van der Waals surface area contributed by atoms with E-state index in [4.69, 9.17) is 4.74 Å². The van der Waals surface area contributed by atoms with Gasteiger partial charge in [-0.3, -0.25) is 14.5 Å². The number of likely N-dealkylation sites (N-methyl/N-ethyl adjacent to an activating group) is 1. The number of rotatable bonds is 7. The number of carbonyl (C=O) groups is 2. The van der Waals surface area contributed by atoms with Crippen LogP contribution in [-0.4, -0.2) is 43.8 Å². The van der Waals surface area contributed by atoms with Crippen LogP contribution in [0.3, 0.4) is 0 Å². The lowest BCUT2D eigenvalue weighted by Gasteiger charge is -2.56. The van der Waals surface area contributed by atoms with E-state index in [2.05, 4.69) is 5.32 Å². The summed E-state index contributed by atoms with van der Waals surface area (Å²) < 4.78 is 5.12. The molecule has 5 nitrogen and oxygen atoms in total. The molecule has 1 aromatic rings. The summed E-state index contributed by atoms with van der Waals surface area (Å²) in [6, 6.07) is 7.26. The summed E-state index contributed by atoms with van der Waals surface area (Å²) in [5.41, 5.74) is 0.650. The van der Waals surface area contributed by atoms with Crippen LogP contribution in [0.1, 0.15) is 38.5 Å². The van der Waals surface area contributed by atoms with Gasteiger partial charge in [-0.25, -0.2) is 0 Å². The second-order valence-corrected chi connectivity index (χ2v) is 9.07. The maximum Gasteiger partial charge on any atom is 0.238 e. The van der Waals surface area contributed by atoms with E-state index in [0.717, 1.165) is 48.5 Å². The normalized spacial score (nSPS) is 31.1. The number of ketones is 1. The summed E-state index contributed by atoms with van der Waals surface area (Å²) in [7, 11) is 3.48. The lowest BCUT2D eigenvalue weighted by Crippen LogP contribution is -2.52. The molecule has 4 aliphatic rings. The molecule has 27 heavy (non-hydrogen) atoms. The van der Waals surface area contributed by atoms with E-state index in [9.17, 15) is 9.59 Å². The monoisotopic (exact) mass is 370 g/mol. The highest BCUT2D eigenvalue weighted by molar-refractivity contribution is 5.93. The standard InChI is InChI=1S/C22H30N2O3/c1-24(14-21(26)23-18-3-5-19(27-2)6-4-18)13-20(25)22-10-15-7-16(11-22)9-17(8-15)12-22/h3-6,15-17H,7-14H2,1-2H3,(H,23,26). The third-order valence-electron chi connectivity index (χ3n) is 6.83. The van der Waals surface area contributed by atoms with Crippen molar-refractivity contribution < 1.29 is 14.3 Å². The zero-order valence-corrected chi connectivity index (χ0v) is 16.4. The first-order chi connectivity index (χ1) is 13.0. The number of hydrogen-bond donors (Lipinski definition) is 1. The second kappa shape index (κ2) is 7.27. The van der Waals surface area contributed by atoms with Crippen LogP contribution in [0.5, 0.6) is 5.75 Å². The van der Waals surface area contributed by atoms with E-state index in [1.807, 2.05) is 36.2 Å². The fraction of sp³-hybridized carbons (Fsp3) is 0.636. The van der Waals surface area contributed by atoms with E-state index in [1.165, 1.54) is 19.3 Å². The molecular weight excluding hydrogens is 340 g/mol. The number of methoxy groups -OCH3 is 1. The molecule has 0 heterocycles. The Morgan fingerprint density at radius 2 is 1.59 bits per heavy atom. The van der Waals surface area contributed by atoms with Gasteiger partial charge in [0.1, 0.15) is 5.75 Å². The average molecular weight is 370 g/mol. The topological polar surface area (TPSA) is 58.6 Å². The minimum absolute atomic E-state index is 0.0878. The molecule has 4 aliphatic carbocycles. The molecule has 0 atom stereocenters. The van der Waals surface area contributed by atoms with E-state index in [1.54, 1.807) is 7.11 Å². The number of amides is 1. The van der Waals surface area contributed by atoms with Gasteiger partial charge in [0.2, 0.25) is 5.91 Å². The van der Waals surface area contributed by atoms with Crippen LogP contribution in [0.4, 0.5) is 5.69 Å². The number of ether oxygens (including phenoxy) is 1. The van der Waals surface area contributed by atoms with Crippen molar-refractivity contribution in [2.45, 2.75) is 38.5 Å². The summed E-state index contributed by atoms with van der Waals surface area (Å²) in [5.74, 6) is 3.32. The molecule has 1 aromatic carbocycles. The molecule has 1 amide bonds. The van der Waals surface area contributed by atoms with Crippen molar-refractivity contribution in [1.82, 2.24) is 4.90 Å². The molecule has 5 rings (SSSR count). The highest BCUT2D eigenvalue weighted by Crippen LogP contribution is 2.60. The lowest BCUT2D eigenvalue weighted by molar-refractivity contribution is -0.144. The highest BCUT2D eigenvalue weighted by atomic mass is 16.5. The third kappa shape index (κ3) is 3.88. The van der Waals surface area contributed by atoms with Crippen LogP contribution >= 0.6 is 0 Å². The van der Waals surface area contributed by atoms with Gasteiger partial charge in [-0.2, -0.15) is 0 Å². The van der Waals surface area contributed by atoms with Gasteiger partial charge in [-0.1, -0.05) is 0 Å². The quantitative estimate of drug-likeness (QED) is 0.800. The molecule has 0 radical (unpaired) electrons. The smallest absolute Gasteiger partial charge is 0.238 e. The molecule has 0 saturated heterocycles. The molecule has 4 bridgehead atoms. The molecule has 0 spiro atoms. The third-order valence-corrected chi connectivity index (χ3v) is 6.83. The van der Waals surface area contributed by atoms with E-state index in [0.29, 0.717) is 12.3 Å². The predicted molar refractivity (Wildman–Crippen MR) is 105 cm³/mol. The minimum Gasteiger partial charge on any atom is -0.497 e. The first-order valence-electron chi connectivity index (χ1n) is 10.1. The van der Waals surface area contributed by atoms with Crippen LogP contribution in [0, 0.1) is 23.2 Å². The summed E-state index contributed by atoms with van der Waals surface area (Å²) in [6.07, 6.45) is 7.28. The molecule has 0 aliphatic heterocycles. The summed E-state index contributed by atoms with van der Waals surface area (Å²) in [5, 5.41) is 2.89. The molecule has 4 saturated carbocycles. The second-order valence-electron chi connectivity index (χ2n) is 9.07. The molecule has 0 unspecified atom stereocenters. The number of anilines is 1. The maximum absolute atomic E-state index is 13.1. The van der Waals surface area contributed by atoms with Gasteiger partial charge >= 0.3 is 0 Å². The maximum atomic E-state index is 13.1. The zero-order chi connectivity index (χ0) is 19.0. The van der Waals surface area contributed by atoms with E-state index < -0.39 is 0 Å². The van der Waals surface area contributed by atoms with Gasteiger partial charge in [0.25, 0.3) is 0 Å². The Balaban J connectivity index is 1.30. The van der Waals surface area contributed by atoms with Crippen LogP contribution in [0.2, 0.25) is 0 Å². The Labute approximate surface area is 161 Å². The van der Waals surface area contributed by atoms with Crippen molar-refractivity contribution in [3.8, 4) is 5.75 Å². The molecule has 0 aromatic heterocycles. The molecular formula is C22H30N2O3. The van der Waals surface area contributed by atoms with Gasteiger partial charge in [0, 0.05) is 11.1 Å². The first kappa shape index (κ1) is 18.5. The number of benzene rings is 1. The van der Waals surface area contributed by atoms with Gasteiger partial charge in [0.15, 0.2) is 5.78 Å².